The van der Waals surface area contributed by atoms with E-state index in [0.717, 1.165) is 10.9 Å². The van der Waals surface area contributed by atoms with Gasteiger partial charge < -0.3 is 5.32 Å². The van der Waals surface area contributed by atoms with E-state index in [1.54, 1.807) is 17.5 Å². The van der Waals surface area contributed by atoms with E-state index in [1.165, 1.54) is 22.7 Å². The maximum Gasteiger partial charge on any atom is 0.433 e. The van der Waals surface area contributed by atoms with Crippen molar-refractivity contribution in [1.29, 1.82) is 0 Å². The van der Waals surface area contributed by atoms with Crippen molar-refractivity contribution in [2.75, 3.05) is 0 Å². The highest BCUT2D eigenvalue weighted by atomic mass is 35.5. The lowest BCUT2D eigenvalue weighted by atomic mass is 10.2. The number of rotatable bonds is 4. The summed E-state index contributed by atoms with van der Waals surface area (Å²) in [5.41, 5.74) is -1.47. The Morgan fingerprint density at radius 3 is 2.61 bits per heavy atom. The lowest BCUT2D eigenvalue weighted by molar-refractivity contribution is -0.142. The Hall–Kier alpha value is -2.43. The molecule has 0 aromatic carbocycles. The predicted molar refractivity (Wildman–Crippen MR) is 102 cm³/mol. The quantitative estimate of drug-likeness (QED) is 0.477. The summed E-state index contributed by atoms with van der Waals surface area (Å²) in [5, 5.41) is 9.76. The van der Waals surface area contributed by atoms with Crippen molar-refractivity contribution < 1.29 is 18.0 Å². The van der Waals surface area contributed by atoms with E-state index in [0.29, 0.717) is 9.39 Å². The zero-order valence-electron chi connectivity index (χ0n) is 13.8. The number of thiophene rings is 2. The smallest absolute Gasteiger partial charge is 0.346 e. The molecule has 0 unspecified atom stereocenters. The van der Waals surface area contributed by atoms with Crippen molar-refractivity contribution >= 4 is 45.8 Å². The van der Waals surface area contributed by atoms with Gasteiger partial charge in [-0.25, -0.2) is 9.50 Å². The molecular weight excluding hydrogens is 433 g/mol. The highest BCUT2D eigenvalue weighted by molar-refractivity contribution is 7.13. The van der Waals surface area contributed by atoms with Gasteiger partial charge in [0, 0.05) is 4.88 Å². The van der Waals surface area contributed by atoms with Crippen LogP contribution in [0.3, 0.4) is 0 Å². The van der Waals surface area contributed by atoms with Gasteiger partial charge in [0.2, 0.25) is 0 Å². The fourth-order valence-electron chi connectivity index (χ4n) is 2.55. The molecule has 11 heteroatoms. The predicted octanol–water partition coefficient (Wildman–Crippen LogP) is 5.12. The van der Waals surface area contributed by atoms with E-state index < -0.39 is 17.8 Å². The topological polar surface area (TPSA) is 59.3 Å². The summed E-state index contributed by atoms with van der Waals surface area (Å²) in [6.45, 7) is 0.223. The number of amides is 1. The Bertz CT molecular complexity index is 1140. The fourth-order valence-corrected chi connectivity index (χ4v) is 4.13. The number of hydrogen-bond acceptors (Lipinski definition) is 5. The Balaban J connectivity index is 1.79. The standard InChI is InChI=1S/C17H10ClF3N4OS2/c18-13-14(16(26)22-8-9-3-1-5-27-9)24-25-12(17(19,20)21)7-10(23-15(13)25)11-4-2-6-28-11/h1-7H,8H2,(H,22,26). The van der Waals surface area contributed by atoms with E-state index in [4.69, 9.17) is 11.6 Å². The van der Waals surface area contributed by atoms with Crippen LogP contribution in [0, 0.1) is 0 Å². The van der Waals surface area contributed by atoms with Crippen molar-refractivity contribution in [2.24, 2.45) is 0 Å². The van der Waals surface area contributed by atoms with Gasteiger partial charge in [-0.15, -0.1) is 22.7 Å². The summed E-state index contributed by atoms with van der Waals surface area (Å²) in [5.74, 6) is -0.672. The Labute approximate surface area is 169 Å². The van der Waals surface area contributed by atoms with Crippen molar-refractivity contribution in [1.82, 2.24) is 19.9 Å². The molecular formula is C17H10ClF3N4OS2. The van der Waals surface area contributed by atoms with Crippen LogP contribution in [0.2, 0.25) is 5.02 Å². The molecule has 0 spiro atoms. The van der Waals surface area contributed by atoms with Crippen LogP contribution in [-0.2, 0) is 12.7 Å². The first-order chi connectivity index (χ1) is 13.3. The van der Waals surface area contributed by atoms with Crippen molar-refractivity contribution in [3.05, 3.63) is 62.4 Å². The van der Waals surface area contributed by atoms with Crippen LogP contribution in [0.1, 0.15) is 21.1 Å². The van der Waals surface area contributed by atoms with Crippen LogP contribution < -0.4 is 5.32 Å². The van der Waals surface area contributed by atoms with Crippen LogP contribution in [0.5, 0.6) is 0 Å². The molecule has 0 fully saturated rings. The highest BCUT2D eigenvalue weighted by Crippen LogP contribution is 2.35. The number of carbonyl (C=O) groups is 1. The van der Waals surface area contributed by atoms with Gasteiger partial charge in [-0.2, -0.15) is 18.3 Å². The molecule has 144 valence electrons. The second-order valence-corrected chi connectivity index (χ2v) is 8.02. The zero-order valence-corrected chi connectivity index (χ0v) is 16.2. The number of nitrogens with zero attached hydrogens (tertiary/aromatic N) is 3. The third-order valence-corrected chi connectivity index (χ3v) is 5.93. The Morgan fingerprint density at radius 1 is 1.21 bits per heavy atom. The van der Waals surface area contributed by atoms with Gasteiger partial charge in [0.05, 0.1) is 17.1 Å². The van der Waals surface area contributed by atoms with Gasteiger partial charge in [0.15, 0.2) is 17.0 Å². The van der Waals surface area contributed by atoms with Crippen LogP contribution in [0.4, 0.5) is 13.2 Å². The first kappa shape index (κ1) is 18.9. The second kappa shape index (κ2) is 7.19. The number of carbonyl (C=O) groups excluding carboxylic acids is 1. The molecule has 0 radical (unpaired) electrons. The third-order valence-electron chi connectivity index (χ3n) is 3.82. The van der Waals surface area contributed by atoms with E-state index in [9.17, 15) is 18.0 Å². The van der Waals surface area contributed by atoms with Crippen molar-refractivity contribution in [3.63, 3.8) is 0 Å². The molecule has 4 heterocycles. The maximum atomic E-state index is 13.6. The van der Waals surface area contributed by atoms with Gasteiger partial charge in [-0.1, -0.05) is 23.7 Å². The molecule has 0 saturated carbocycles. The third kappa shape index (κ3) is 3.50. The molecule has 28 heavy (non-hydrogen) atoms. The largest absolute Gasteiger partial charge is 0.433 e. The summed E-state index contributed by atoms with van der Waals surface area (Å²) >= 11 is 8.89. The van der Waals surface area contributed by atoms with Crippen molar-refractivity contribution in [3.8, 4) is 10.6 Å². The summed E-state index contributed by atoms with van der Waals surface area (Å²) in [7, 11) is 0. The van der Waals surface area contributed by atoms with Gasteiger partial charge in [-0.05, 0) is 29.0 Å². The lowest BCUT2D eigenvalue weighted by Gasteiger charge is -2.10. The number of nitrogens with one attached hydrogen (secondary N) is 1. The number of fused-ring (bicyclic) bond motifs is 1. The molecule has 0 atom stereocenters. The molecule has 1 amide bonds. The molecule has 0 aliphatic carbocycles. The monoisotopic (exact) mass is 442 g/mol. The minimum absolute atomic E-state index is 0.113. The van der Waals surface area contributed by atoms with Crippen LogP contribution in [-0.4, -0.2) is 20.5 Å². The maximum absolute atomic E-state index is 13.6. The normalized spacial score (nSPS) is 11.9. The molecule has 0 aliphatic rings. The van der Waals surface area contributed by atoms with Crippen molar-refractivity contribution in [2.45, 2.75) is 12.7 Å². The average Bonchev–Trinajstić information content (AvgIpc) is 3.40. The molecule has 0 bridgehead atoms. The van der Waals surface area contributed by atoms with E-state index in [2.05, 4.69) is 15.4 Å². The summed E-state index contributed by atoms with van der Waals surface area (Å²) in [6, 6.07) is 7.92. The Morgan fingerprint density at radius 2 is 1.96 bits per heavy atom. The summed E-state index contributed by atoms with van der Waals surface area (Å²) in [6.07, 6.45) is -4.70. The minimum atomic E-state index is -4.70. The summed E-state index contributed by atoms with van der Waals surface area (Å²) < 4.78 is 41.3. The fraction of sp³-hybridized carbons (Fsp3) is 0.118. The highest BCUT2D eigenvalue weighted by Gasteiger charge is 2.36. The molecule has 4 aromatic heterocycles. The molecule has 0 saturated heterocycles. The van der Waals surface area contributed by atoms with Crippen LogP contribution >= 0.6 is 34.3 Å². The SMILES string of the molecule is O=C(NCc1cccs1)c1nn2c(C(F)(F)F)cc(-c3cccs3)nc2c1Cl. The number of hydrogen-bond donors (Lipinski definition) is 1. The minimum Gasteiger partial charge on any atom is -0.346 e. The van der Waals surface area contributed by atoms with E-state index in [1.807, 2.05) is 17.5 Å². The van der Waals surface area contributed by atoms with E-state index in [-0.39, 0.29) is 28.6 Å². The number of halogens is 4. The van der Waals surface area contributed by atoms with Crippen LogP contribution in [0.15, 0.2) is 41.1 Å². The van der Waals surface area contributed by atoms with Gasteiger partial charge in [-0.3, -0.25) is 4.79 Å². The molecule has 5 nitrogen and oxygen atoms in total. The second-order valence-electron chi connectivity index (χ2n) is 5.66. The molecule has 4 rings (SSSR count). The number of aromatic nitrogens is 3. The molecule has 0 aliphatic heterocycles. The lowest BCUT2D eigenvalue weighted by Crippen LogP contribution is -2.23. The van der Waals surface area contributed by atoms with Gasteiger partial charge in [0.1, 0.15) is 5.02 Å². The Kier molecular flexibility index (Phi) is 4.86. The average molecular weight is 443 g/mol. The zero-order chi connectivity index (χ0) is 19.9. The first-order valence-electron chi connectivity index (χ1n) is 7.85. The summed E-state index contributed by atoms with van der Waals surface area (Å²) in [4.78, 5) is 18.1. The molecule has 1 N–H and O–H groups in total. The number of alkyl halides is 3. The first-order valence-corrected chi connectivity index (χ1v) is 9.99. The van der Waals surface area contributed by atoms with E-state index >= 15 is 0 Å². The van der Waals surface area contributed by atoms with Crippen LogP contribution in [0.25, 0.3) is 16.2 Å². The molecule has 4 aromatic rings. The van der Waals surface area contributed by atoms with Gasteiger partial charge >= 0.3 is 6.18 Å². The van der Waals surface area contributed by atoms with Gasteiger partial charge in [0.25, 0.3) is 5.91 Å².